The molecule has 6 nitrogen and oxygen atoms in total. The molecule has 4 bridgehead atoms. The number of benzene rings is 2. The molecule has 0 amide bonds. The summed E-state index contributed by atoms with van der Waals surface area (Å²) in [5.74, 6) is 1.18. The van der Waals surface area contributed by atoms with Crippen molar-refractivity contribution in [1.29, 1.82) is 0 Å². The van der Waals surface area contributed by atoms with Crippen LogP contribution in [0.4, 0.5) is 0 Å². The maximum Gasteiger partial charge on any atom is 2.00 e. The standard InChI is InChI=1S/C20H22N3.C20H20N3.Pt/c2*1-19(2)14-8-9-20(19,3)18-16(14)17(22-23-18)15-10-12-6-4-5-7-13(12)11-21-15;/h4-7,10-11,14,18,23H,8-9H2,1-3H3;4-7,10-11,14H,8-9H2,1-3H3;/q2*-1;+2. The molecule has 1 N–H and O–H groups in total. The van der Waals surface area contributed by atoms with Crippen molar-refractivity contribution in [3.63, 3.8) is 0 Å². The Morgan fingerprint density at radius 2 is 1.32 bits per heavy atom. The van der Waals surface area contributed by atoms with Crippen molar-refractivity contribution < 1.29 is 21.1 Å². The minimum atomic E-state index is 0. The van der Waals surface area contributed by atoms with Crippen LogP contribution in [-0.4, -0.2) is 21.1 Å². The van der Waals surface area contributed by atoms with Crippen LogP contribution in [0.5, 0.6) is 0 Å². The Kier molecular flexibility index (Phi) is 6.80. The van der Waals surface area contributed by atoms with Gasteiger partial charge in [-0.1, -0.05) is 101 Å². The van der Waals surface area contributed by atoms with Gasteiger partial charge in [-0.05, 0) is 82.2 Å². The summed E-state index contributed by atoms with van der Waals surface area (Å²) < 4.78 is 0. The minimum absolute atomic E-state index is 0. The molecule has 10 rings (SSSR count). The summed E-state index contributed by atoms with van der Waals surface area (Å²) in [5, 5.41) is 14.0. The van der Waals surface area contributed by atoms with Gasteiger partial charge < -0.3 is 21.0 Å². The monoisotopic (exact) mass is 801 g/mol. The predicted molar refractivity (Wildman–Crippen MR) is 185 cm³/mol. The molecule has 3 fully saturated rings. The first-order valence-electron chi connectivity index (χ1n) is 17.0. The third-order valence-corrected chi connectivity index (χ3v) is 13.8. The van der Waals surface area contributed by atoms with E-state index in [1.807, 2.05) is 18.5 Å². The van der Waals surface area contributed by atoms with Crippen LogP contribution in [0, 0.1) is 22.2 Å². The summed E-state index contributed by atoms with van der Waals surface area (Å²) in [6.07, 6.45) is 8.96. The van der Waals surface area contributed by atoms with Gasteiger partial charge in [0.1, 0.15) is 0 Å². The first-order valence-corrected chi connectivity index (χ1v) is 17.0. The molecule has 2 aromatic carbocycles. The number of fused-ring (bicyclic) bond motifs is 12. The second-order valence-corrected chi connectivity index (χ2v) is 16.0. The molecule has 7 heteroatoms. The summed E-state index contributed by atoms with van der Waals surface area (Å²) >= 11 is 0. The van der Waals surface area contributed by atoms with Gasteiger partial charge >= 0.3 is 21.1 Å². The Balaban J connectivity index is 0.000000135. The molecule has 242 valence electrons. The van der Waals surface area contributed by atoms with Crippen molar-refractivity contribution in [2.75, 3.05) is 0 Å². The molecule has 5 aromatic rings. The predicted octanol–water partition coefficient (Wildman–Crippen LogP) is 9.09. The SMILES string of the molecule is CC1(C)C2CCC1(C)C1N[N-]C(c3cc4ccccc4cn3)=C21.CC12CCC(c3c1n[n-]c3-c1cc3ccccc3cn1)C2(C)C.[Pt+2]. The van der Waals surface area contributed by atoms with Crippen LogP contribution in [0.1, 0.15) is 90.1 Å². The molecule has 5 atom stereocenters. The Morgan fingerprint density at radius 1 is 0.723 bits per heavy atom. The van der Waals surface area contributed by atoms with Crippen LogP contribution >= 0.6 is 0 Å². The summed E-state index contributed by atoms with van der Waals surface area (Å²) in [7, 11) is 0. The number of rotatable bonds is 2. The van der Waals surface area contributed by atoms with Crippen LogP contribution in [0.2, 0.25) is 0 Å². The van der Waals surface area contributed by atoms with Gasteiger partial charge in [0.25, 0.3) is 0 Å². The van der Waals surface area contributed by atoms with E-state index in [-0.39, 0.29) is 31.9 Å². The van der Waals surface area contributed by atoms with E-state index in [4.69, 9.17) is 10.4 Å². The topological polar surface area (TPSA) is 78.9 Å². The Hall–Kier alpha value is -3.34. The zero-order chi connectivity index (χ0) is 31.6. The molecule has 1 aliphatic heterocycles. The van der Waals surface area contributed by atoms with Crippen molar-refractivity contribution >= 4 is 27.2 Å². The van der Waals surface area contributed by atoms with Crippen molar-refractivity contribution in [2.45, 2.75) is 84.6 Å². The first-order chi connectivity index (χ1) is 22.0. The fourth-order valence-corrected chi connectivity index (χ4v) is 10.1. The van der Waals surface area contributed by atoms with Gasteiger partial charge in [0.05, 0.1) is 5.69 Å². The van der Waals surface area contributed by atoms with Gasteiger partial charge in [0, 0.05) is 46.0 Å². The molecular formula is C40H42N6Pt. The smallest absolute Gasteiger partial charge is 0.620 e. The summed E-state index contributed by atoms with van der Waals surface area (Å²) in [6.45, 7) is 14.5. The number of nitrogens with one attached hydrogen (secondary N) is 1. The summed E-state index contributed by atoms with van der Waals surface area (Å²) in [4.78, 5) is 9.39. The number of hydrogen-bond acceptors (Lipinski definition) is 4. The van der Waals surface area contributed by atoms with Gasteiger partial charge in [-0.3, -0.25) is 9.97 Å². The average Bonchev–Trinajstić information content (AvgIpc) is 3.85. The van der Waals surface area contributed by atoms with Gasteiger partial charge in [0.15, 0.2) is 0 Å². The number of pyridine rings is 2. The number of hydrogen-bond donors (Lipinski definition) is 1. The van der Waals surface area contributed by atoms with E-state index in [2.05, 4.69) is 117 Å². The second-order valence-electron chi connectivity index (χ2n) is 16.0. The third kappa shape index (κ3) is 4.01. The molecule has 5 unspecified atom stereocenters. The van der Waals surface area contributed by atoms with Gasteiger partial charge in [-0.2, -0.15) is 0 Å². The molecule has 47 heavy (non-hydrogen) atoms. The van der Waals surface area contributed by atoms with E-state index in [9.17, 15) is 0 Å². The van der Waals surface area contributed by atoms with Crippen LogP contribution < -0.4 is 10.5 Å². The van der Waals surface area contributed by atoms with E-state index < -0.39 is 0 Å². The van der Waals surface area contributed by atoms with E-state index in [0.717, 1.165) is 22.8 Å². The maximum absolute atomic E-state index is 4.72. The van der Waals surface area contributed by atoms with Crippen molar-refractivity contribution in [1.82, 2.24) is 25.6 Å². The molecule has 3 aromatic heterocycles. The van der Waals surface area contributed by atoms with Gasteiger partial charge in [-0.15, -0.1) is 5.70 Å². The molecule has 0 saturated heterocycles. The third-order valence-electron chi connectivity index (χ3n) is 13.8. The fourth-order valence-electron chi connectivity index (χ4n) is 10.1. The van der Waals surface area contributed by atoms with Crippen molar-refractivity contribution in [3.8, 4) is 11.4 Å². The zero-order valence-electron chi connectivity index (χ0n) is 28.0. The van der Waals surface area contributed by atoms with Gasteiger partial charge in [0.2, 0.25) is 0 Å². The molecule has 0 spiro atoms. The molecular weight excluding hydrogens is 760 g/mol. The van der Waals surface area contributed by atoms with Crippen LogP contribution in [0.15, 0.2) is 78.6 Å². The van der Waals surface area contributed by atoms with Crippen LogP contribution in [0.3, 0.4) is 0 Å². The normalized spacial score (nSPS) is 30.1. The molecule has 0 radical (unpaired) electrons. The second kappa shape index (κ2) is 10.3. The molecule has 5 aliphatic rings. The molecule has 4 aliphatic carbocycles. The minimum Gasteiger partial charge on any atom is -0.620 e. The van der Waals surface area contributed by atoms with Crippen molar-refractivity contribution in [2.24, 2.45) is 22.2 Å². The number of aromatic nitrogens is 4. The number of nitrogens with zero attached hydrogens (tertiary/aromatic N) is 5. The zero-order valence-corrected chi connectivity index (χ0v) is 30.3. The quantitative estimate of drug-likeness (QED) is 0.193. The van der Waals surface area contributed by atoms with E-state index in [1.54, 1.807) is 0 Å². The summed E-state index contributed by atoms with van der Waals surface area (Å²) in [6, 6.07) is 21.5. The maximum atomic E-state index is 4.72. The van der Waals surface area contributed by atoms with E-state index in [0.29, 0.717) is 28.7 Å². The van der Waals surface area contributed by atoms with Gasteiger partial charge in [-0.25, -0.2) is 0 Å². The Labute approximate surface area is 291 Å². The molecule has 3 saturated carbocycles. The Morgan fingerprint density at radius 3 is 2.00 bits per heavy atom. The average molecular weight is 802 g/mol. The van der Waals surface area contributed by atoms with Crippen LogP contribution in [-0.2, 0) is 26.5 Å². The fraction of sp³-hybridized carbons (Fsp3) is 0.425. The largest absolute Gasteiger partial charge is 2.00 e. The Bertz CT molecular complexity index is 2090. The van der Waals surface area contributed by atoms with Crippen LogP contribution in [0.25, 0.3) is 44.1 Å². The van der Waals surface area contributed by atoms with E-state index >= 15 is 0 Å². The molecule has 4 heterocycles. The summed E-state index contributed by atoms with van der Waals surface area (Å²) in [5.41, 5.74) is 17.4. The van der Waals surface area contributed by atoms with Crippen molar-refractivity contribution in [3.05, 3.63) is 101 Å². The first kappa shape index (κ1) is 31.0. The van der Waals surface area contributed by atoms with E-state index in [1.165, 1.54) is 64.1 Å².